The van der Waals surface area contributed by atoms with Crippen LogP contribution < -0.4 is 5.32 Å². The standard InChI is InChI=1S/C10H20N2O/c1-8-4-10(2)9(6-12(8)3)5-11-7-13-10/h8-9,11H,4-7H2,1-3H3/t8-,9+,10-/m1/s1. The molecule has 0 bridgehead atoms. The van der Waals surface area contributed by atoms with Crippen molar-refractivity contribution in [2.45, 2.75) is 31.9 Å². The van der Waals surface area contributed by atoms with Crippen molar-refractivity contribution < 1.29 is 4.74 Å². The fraction of sp³-hybridized carbons (Fsp3) is 1.00. The summed E-state index contributed by atoms with van der Waals surface area (Å²) in [7, 11) is 2.21. The minimum atomic E-state index is 0.122. The van der Waals surface area contributed by atoms with Crippen molar-refractivity contribution in [2.75, 3.05) is 26.9 Å². The zero-order chi connectivity index (χ0) is 9.47. The van der Waals surface area contributed by atoms with Gasteiger partial charge in [-0.3, -0.25) is 5.32 Å². The van der Waals surface area contributed by atoms with Crippen LogP contribution in [0, 0.1) is 5.92 Å². The average Bonchev–Trinajstić information content (AvgIpc) is 2.07. The number of piperidine rings is 1. The molecule has 0 saturated carbocycles. The molecule has 3 atom stereocenters. The van der Waals surface area contributed by atoms with Crippen LogP contribution in [0.5, 0.6) is 0 Å². The SMILES string of the molecule is C[C@@H]1C[C@@]2(C)OCNC[C@H]2CN1C. The van der Waals surface area contributed by atoms with Crippen LogP contribution in [0.4, 0.5) is 0 Å². The number of hydrogen-bond donors (Lipinski definition) is 1. The third kappa shape index (κ3) is 1.60. The first-order chi connectivity index (χ1) is 6.12. The van der Waals surface area contributed by atoms with Crippen LogP contribution in [-0.4, -0.2) is 43.4 Å². The Morgan fingerprint density at radius 1 is 1.54 bits per heavy atom. The first-order valence-electron chi connectivity index (χ1n) is 5.17. The maximum Gasteiger partial charge on any atom is 0.0973 e. The molecule has 13 heavy (non-hydrogen) atoms. The highest BCUT2D eigenvalue weighted by atomic mass is 16.5. The number of nitrogens with zero attached hydrogens (tertiary/aromatic N) is 1. The molecule has 0 amide bonds. The monoisotopic (exact) mass is 184 g/mol. The Morgan fingerprint density at radius 3 is 3.08 bits per heavy atom. The number of nitrogens with one attached hydrogen (secondary N) is 1. The molecule has 3 nitrogen and oxygen atoms in total. The molecular formula is C10H20N2O. The number of ether oxygens (including phenoxy) is 1. The number of likely N-dealkylation sites (tertiary alicyclic amines) is 1. The van der Waals surface area contributed by atoms with Crippen molar-refractivity contribution in [3.8, 4) is 0 Å². The van der Waals surface area contributed by atoms with Crippen LogP contribution in [0.2, 0.25) is 0 Å². The minimum absolute atomic E-state index is 0.122. The molecule has 2 fully saturated rings. The molecule has 2 aliphatic heterocycles. The van der Waals surface area contributed by atoms with Gasteiger partial charge in [0.15, 0.2) is 0 Å². The molecule has 2 saturated heterocycles. The summed E-state index contributed by atoms with van der Waals surface area (Å²) in [5.74, 6) is 0.655. The normalized spacial score (nSPS) is 47.3. The van der Waals surface area contributed by atoms with E-state index in [9.17, 15) is 0 Å². The molecule has 2 heterocycles. The van der Waals surface area contributed by atoms with Gasteiger partial charge in [-0.2, -0.15) is 0 Å². The first-order valence-corrected chi connectivity index (χ1v) is 5.17. The van der Waals surface area contributed by atoms with Crippen molar-refractivity contribution in [3.63, 3.8) is 0 Å². The molecule has 0 unspecified atom stereocenters. The van der Waals surface area contributed by atoms with Gasteiger partial charge in [-0.25, -0.2) is 0 Å². The van der Waals surface area contributed by atoms with Crippen LogP contribution in [0.25, 0.3) is 0 Å². The quantitative estimate of drug-likeness (QED) is 0.598. The van der Waals surface area contributed by atoms with E-state index in [0.717, 1.165) is 26.2 Å². The van der Waals surface area contributed by atoms with Gasteiger partial charge in [0.2, 0.25) is 0 Å². The zero-order valence-corrected chi connectivity index (χ0v) is 8.84. The van der Waals surface area contributed by atoms with Crippen molar-refractivity contribution in [3.05, 3.63) is 0 Å². The Balaban J connectivity index is 2.10. The summed E-state index contributed by atoms with van der Waals surface area (Å²) in [6.45, 7) is 7.54. The molecule has 0 radical (unpaired) electrons. The van der Waals surface area contributed by atoms with Crippen molar-refractivity contribution >= 4 is 0 Å². The molecular weight excluding hydrogens is 164 g/mol. The lowest BCUT2D eigenvalue weighted by molar-refractivity contribution is -0.150. The summed E-state index contributed by atoms with van der Waals surface area (Å²) in [5, 5.41) is 3.30. The Labute approximate surface area is 80.4 Å². The molecule has 0 aromatic rings. The molecule has 0 aromatic carbocycles. The topological polar surface area (TPSA) is 24.5 Å². The zero-order valence-electron chi connectivity index (χ0n) is 8.84. The lowest BCUT2D eigenvalue weighted by Gasteiger charge is -2.50. The van der Waals surface area contributed by atoms with E-state index < -0.39 is 0 Å². The molecule has 76 valence electrons. The maximum atomic E-state index is 5.85. The van der Waals surface area contributed by atoms with Crippen molar-refractivity contribution in [1.82, 2.24) is 10.2 Å². The van der Waals surface area contributed by atoms with Crippen LogP contribution in [0.15, 0.2) is 0 Å². The average molecular weight is 184 g/mol. The third-order valence-corrected chi connectivity index (χ3v) is 3.72. The predicted octanol–water partition coefficient (Wildman–Crippen LogP) is 0.663. The number of fused-ring (bicyclic) bond motifs is 1. The molecule has 0 spiro atoms. The van der Waals surface area contributed by atoms with Crippen LogP contribution >= 0.6 is 0 Å². The van der Waals surface area contributed by atoms with Gasteiger partial charge in [-0.05, 0) is 27.3 Å². The van der Waals surface area contributed by atoms with Gasteiger partial charge in [0, 0.05) is 25.0 Å². The van der Waals surface area contributed by atoms with E-state index in [1.54, 1.807) is 0 Å². The molecule has 2 rings (SSSR count). The van der Waals surface area contributed by atoms with Gasteiger partial charge in [0.25, 0.3) is 0 Å². The molecule has 2 aliphatic rings. The van der Waals surface area contributed by atoms with Crippen LogP contribution in [0.3, 0.4) is 0 Å². The highest BCUT2D eigenvalue weighted by molar-refractivity contribution is 4.96. The second-order valence-electron chi connectivity index (χ2n) is 4.75. The first kappa shape index (κ1) is 9.44. The van der Waals surface area contributed by atoms with Gasteiger partial charge >= 0.3 is 0 Å². The van der Waals surface area contributed by atoms with Crippen LogP contribution in [-0.2, 0) is 4.74 Å². The summed E-state index contributed by atoms with van der Waals surface area (Å²) in [6, 6.07) is 0.652. The maximum absolute atomic E-state index is 5.85. The lowest BCUT2D eigenvalue weighted by atomic mass is 9.78. The number of rotatable bonds is 0. The summed E-state index contributed by atoms with van der Waals surface area (Å²) in [4.78, 5) is 2.43. The fourth-order valence-corrected chi connectivity index (χ4v) is 2.54. The summed E-state index contributed by atoms with van der Waals surface area (Å²) in [5.41, 5.74) is 0.122. The van der Waals surface area contributed by atoms with Gasteiger partial charge in [-0.15, -0.1) is 0 Å². The summed E-state index contributed by atoms with van der Waals surface area (Å²) < 4.78 is 5.85. The molecule has 1 N–H and O–H groups in total. The van der Waals surface area contributed by atoms with E-state index in [0.29, 0.717) is 12.0 Å². The summed E-state index contributed by atoms with van der Waals surface area (Å²) >= 11 is 0. The molecule has 0 aromatic heterocycles. The molecule has 3 heteroatoms. The van der Waals surface area contributed by atoms with E-state index in [1.165, 1.54) is 0 Å². The van der Waals surface area contributed by atoms with Crippen LogP contribution in [0.1, 0.15) is 20.3 Å². The van der Waals surface area contributed by atoms with E-state index >= 15 is 0 Å². The highest BCUT2D eigenvalue weighted by Crippen LogP contribution is 2.35. The van der Waals surface area contributed by atoms with Gasteiger partial charge < -0.3 is 9.64 Å². The van der Waals surface area contributed by atoms with E-state index in [2.05, 4.69) is 31.1 Å². The van der Waals surface area contributed by atoms with E-state index in [1.807, 2.05) is 0 Å². The molecule has 0 aliphatic carbocycles. The van der Waals surface area contributed by atoms with Gasteiger partial charge in [0.1, 0.15) is 0 Å². The Bertz CT molecular complexity index is 197. The van der Waals surface area contributed by atoms with Crippen molar-refractivity contribution in [2.24, 2.45) is 5.92 Å². The Hall–Kier alpha value is -0.120. The third-order valence-electron chi connectivity index (χ3n) is 3.72. The number of hydrogen-bond acceptors (Lipinski definition) is 3. The van der Waals surface area contributed by atoms with E-state index in [4.69, 9.17) is 4.74 Å². The van der Waals surface area contributed by atoms with E-state index in [-0.39, 0.29) is 5.60 Å². The Morgan fingerprint density at radius 2 is 2.31 bits per heavy atom. The Kier molecular flexibility index (Phi) is 2.34. The fourth-order valence-electron chi connectivity index (χ4n) is 2.54. The second-order valence-corrected chi connectivity index (χ2v) is 4.75. The summed E-state index contributed by atoms with van der Waals surface area (Å²) in [6.07, 6.45) is 1.16. The lowest BCUT2D eigenvalue weighted by Crippen LogP contribution is -2.60. The van der Waals surface area contributed by atoms with Gasteiger partial charge in [-0.1, -0.05) is 0 Å². The second kappa shape index (κ2) is 3.23. The van der Waals surface area contributed by atoms with Crippen molar-refractivity contribution in [1.29, 1.82) is 0 Å². The predicted molar refractivity (Wildman–Crippen MR) is 52.6 cm³/mol. The highest BCUT2D eigenvalue weighted by Gasteiger charge is 2.43. The minimum Gasteiger partial charge on any atom is -0.360 e. The van der Waals surface area contributed by atoms with Gasteiger partial charge in [0.05, 0.1) is 12.3 Å². The smallest absolute Gasteiger partial charge is 0.0973 e. The largest absolute Gasteiger partial charge is 0.360 e.